The van der Waals surface area contributed by atoms with Gasteiger partial charge in [-0.1, -0.05) is 46.8 Å². The minimum absolute atomic E-state index is 0.00730. The Hall–Kier alpha value is -1.88. The van der Waals surface area contributed by atoms with Gasteiger partial charge in [0.2, 0.25) is 5.91 Å². The average Bonchev–Trinajstić information content (AvgIpc) is 3.52. The highest BCUT2D eigenvalue weighted by molar-refractivity contribution is 5.94. The lowest BCUT2D eigenvalue weighted by molar-refractivity contribution is -0.123. The molecule has 4 atom stereocenters. The van der Waals surface area contributed by atoms with E-state index in [2.05, 4.69) is 45.3 Å². The Bertz CT molecular complexity index is 924. The summed E-state index contributed by atoms with van der Waals surface area (Å²) in [6.07, 6.45) is 6.53. The van der Waals surface area contributed by atoms with Gasteiger partial charge >= 0.3 is 0 Å². The first kappa shape index (κ1) is 25.2. The number of aliphatic hydroxyl groups is 1. The topological polar surface area (TPSA) is 78.4 Å². The van der Waals surface area contributed by atoms with Crippen LogP contribution >= 0.6 is 0 Å². The Morgan fingerprint density at radius 1 is 1.00 bits per heavy atom. The number of benzene rings is 1. The predicted molar refractivity (Wildman–Crippen MR) is 136 cm³/mol. The molecule has 0 spiro atoms. The van der Waals surface area contributed by atoms with Crippen molar-refractivity contribution in [3.8, 4) is 0 Å². The Morgan fingerprint density at radius 2 is 1.65 bits per heavy atom. The molecule has 3 N–H and O–H groups in total. The van der Waals surface area contributed by atoms with E-state index >= 15 is 0 Å². The van der Waals surface area contributed by atoms with Crippen LogP contribution in [0.15, 0.2) is 24.3 Å². The van der Waals surface area contributed by atoms with Gasteiger partial charge in [-0.25, -0.2) is 0 Å². The highest BCUT2D eigenvalue weighted by Crippen LogP contribution is 2.63. The number of carbonyl (C=O) groups excluding carboxylic acids is 2. The predicted octanol–water partition coefficient (Wildman–Crippen LogP) is 5.11. The van der Waals surface area contributed by atoms with Gasteiger partial charge in [0.25, 0.3) is 5.91 Å². The van der Waals surface area contributed by atoms with E-state index in [1.165, 1.54) is 5.56 Å². The molecule has 5 heteroatoms. The zero-order valence-electron chi connectivity index (χ0n) is 22.0. The van der Waals surface area contributed by atoms with E-state index in [-0.39, 0.29) is 40.0 Å². The largest absolute Gasteiger partial charge is 0.390 e. The van der Waals surface area contributed by atoms with E-state index in [4.69, 9.17) is 0 Å². The zero-order chi connectivity index (χ0) is 24.9. The van der Waals surface area contributed by atoms with Crippen LogP contribution in [0, 0.1) is 16.7 Å². The molecule has 2 amide bonds. The third-order valence-corrected chi connectivity index (χ3v) is 8.91. The molecule has 34 heavy (non-hydrogen) atoms. The summed E-state index contributed by atoms with van der Waals surface area (Å²) in [6, 6.07) is 8.30. The molecular formula is C29H44N2O3. The quantitative estimate of drug-likeness (QED) is 0.543. The second kappa shape index (κ2) is 8.65. The molecular weight excluding hydrogens is 424 g/mol. The Kier molecular flexibility index (Phi) is 6.42. The van der Waals surface area contributed by atoms with E-state index in [1.54, 1.807) is 0 Å². The van der Waals surface area contributed by atoms with Crippen LogP contribution in [0.5, 0.6) is 0 Å². The van der Waals surface area contributed by atoms with Crippen molar-refractivity contribution in [3.63, 3.8) is 0 Å². The third kappa shape index (κ3) is 5.19. The molecule has 1 aromatic carbocycles. The summed E-state index contributed by atoms with van der Waals surface area (Å²) in [5.74, 6) is 0.340. The zero-order valence-corrected chi connectivity index (χ0v) is 22.0. The van der Waals surface area contributed by atoms with Crippen molar-refractivity contribution >= 4 is 11.8 Å². The van der Waals surface area contributed by atoms with Crippen LogP contribution in [0.3, 0.4) is 0 Å². The standard InChI is InChI=1S/C29H44N2O3/c1-26(2,3)20-9-7-19(8-10-20)25(33)31-23-18-27(4,5)22-17-28(6,34)15-16-29(22,23)14-13-24(32)30-21-11-12-21/h7-10,21-23,34H,11-18H2,1-6H3,(H,30,32)(H,31,33)/t22-,23-,28-,29-/m0/s1. The first-order valence-electron chi connectivity index (χ1n) is 13.2. The number of amides is 2. The fourth-order valence-corrected chi connectivity index (χ4v) is 6.67. The molecule has 3 aliphatic rings. The van der Waals surface area contributed by atoms with Gasteiger partial charge in [0, 0.05) is 24.1 Å². The number of hydrogen-bond donors (Lipinski definition) is 3. The highest BCUT2D eigenvalue weighted by Gasteiger charge is 2.61. The van der Waals surface area contributed by atoms with Crippen LogP contribution in [0.2, 0.25) is 0 Å². The normalized spacial score (nSPS) is 32.7. The molecule has 3 saturated carbocycles. The number of carbonyl (C=O) groups is 2. The van der Waals surface area contributed by atoms with Gasteiger partial charge < -0.3 is 15.7 Å². The molecule has 0 bridgehead atoms. The Balaban J connectivity index is 1.56. The fourth-order valence-electron chi connectivity index (χ4n) is 6.67. The maximum atomic E-state index is 13.4. The maximum absolute atomic E-state index is 13.4. The van der Waals surface area contributed by atoms with Crippen molar-refractivity contribution in [3.05, 3.63) is 35.4 Å². The lowest BCUT2D eigenvalue weighted by atomic mass is 9.57. The van der Waals surface area contributed by atoms with Crippen molar-refractivity contribution in [2.45, 2.75) is 116 Å². The van der Waals surface area contributed by atoms with E-state index < -0.39 is 5.60 Å². The van der Waals surface area contributed by atoms with Crippen LogP contribution < -0.4 is 10.6 Å². The van der Waals surface area contributed by atoms with E-state index in [0.717, 1.165) is 38.5 Å². The van der Waals surface area contributed by atoms with Gasteiger partial charge in [-0.3, -0.25) is 9.59 Å². The van der Waals surface area contributed by atoms with Gasteiger partial charge in [-0.05, 0) is 91.7 Å². The number of hydrogen-bond acceptors (Lipinski definition) is 3. The Labute approximate surface area is 205 Å². The minimum Gasteiger partial charge on any atom is -0.390 e. The van der Waals surface area contributed by atoms with E-state index in [0.29, 0.717) is 24.4 Å². The fraction of sp³-hybridized carbons (Fsp3) is 0.724. The number of fused-ring (bicyclic) bond motifs is 1. The summed E-state index contributed by atoms with van der Waals surface area (Å²) in [4.78, 5) is 26.0. The van der Waals surface area contributed by atoms with Crippen molar-refractivity contribution < 1.29 is 14.7 Å². The summed E-state index contributed by atoms with van der Waals surface area (Å²) >= 11 is 0. The molecule has 3 aliphatic carbocycles. The van der Waals surface area contributed by atoms with Gasteiger partial charge in [-0.15, -0.1) is 0 Å². The molecule has 1 aromatic rings. The average molecular weight is 469 g/mol. The summed E-state index contributed by atoms with van der Waals surface area (Å²) in [5.41, 5.74) is 1.04. The van der Waals surface area contributed by atoms with Crippen LogP contribution in [0.25, 0.3) is 0 Å². The lowest BCUT2D eigenvalue weighted by Crippen LogP contribution is -2.52. The molecule has 0 aromatic heterocycles. The van der Waals surface area contributed by atoms with Crippen molar-refractivity contribution in [1.29, 1.82) is 0 Å². The van der Waals surface area contributed by atoms with Crippen LogP contribution in [0.4, 0.5) is 0 Å². The molecule has 0 saturated heterocycles. The van der Waals surface area contributed by atoms with Crippen LogP contribution in [-0.2, 0) is 10.2 Å². The monoisotopic (exact) mass is 468 g/mol. The van der Waals surface area contributed by atoms with Crippen molar-refractivity contribution in [2.24, 2.45) is 16.7 Å². The summed E-state index contributed by atoms with van der Waals surface area (Å²) < 4.78 is 0. The second-order valence-corrected chi connectivity index (χ2v) is 13.4. The molecule has 188 valence electrons. The van der Waals surface area contributed by atoms with Gasteiger partial charge in [0.05, 0.1) is 5.60 Å². The highest BCUT2D eigenvalue weighted by atomic mass is 16.3. The summed E-state index contributed by atoms with van der Waals surface area (Å²) in [5, 5.41) is 17.5. The third-order valence-electron chi connectivity index (χ3n) is 8.91. The van der Waals surface area contributed by atoms with Gasteiger partial charge in [0.1, 0.15) is 0 Å². The second-order valence-electron chi connectivity index (χ2n) is 13.4. The first-order valence-corrected chi connectivity index (χ1v) is 13.2. The summed E-state index contributed by atoms with van der Waals surface area (Å²) in [7, 11) is 0. The van der Waals surface area contributed by atoms with Crippen molar-refractivity contribution in [1.82, 2.24) is 10.6 Å². The van der Waals surface area contributed by atoms with Crippen LogP contribution in [0.1, 0.15) is 109 Å². The smallest absolute Gasteiger partial charge is 0.251 e. The summed E-state index contributed by atoms with van der Waals surface area (Å²) in [6.45, 7) is 13.0. The molecule has 0 unspecified atom stereocenters. The van der Waals surface area contributed by atoms with Crippen LogP contribution in [-0.4, -0.2) is 34.6 Å². The number of rotatable bonds is 6. The first-order chi connectivity index (χ1) is 15.7. The molecule has 0 radical (unpaired) electrons. The number of nitrogens with one attached hydrogen (secondary N) is 2. The van der Waals surface area contributed by atoms with Crippen molar-refractivity contribution in [2.75, 3.05) is 0 Å². The Morgan fingerprint density at radius 3 is 2.24 bits per heavy atom. The molecule has 5 nitrogen and oxygen atoms in total. The molecule has 0 aliphatic heterocycles. The van der Waals surface area contributed by atoms with Gasteiger partial charge in [0.15, 0.2) is 0 Å². The van der Waals surface area contributed by atoms with E-state index in [1.807, 2.05) is 31.2 Å². The molecule has 0 heterocycles. The minimum atomic E-state index is -0.691. The molecule has 4 rings (SSSR count). The lowest BCUT2D eigenvalue weighted by Gasteiger charge is -2.50. The van der Waals surface area contributed by atoms with Gasteiger partial charge in [-0.2, -0.15) is 0 Å². The SMILES string of the molecule is CC(C)(C)c1ccc(C(=O)N[C@H]2CC(C)(C)[C@@H]3C[C@@](C)(O)CC[C@]23CCC(=O)NC2CC2)cc1. The molecule has 3 fully saturated rings. The van der Waals surface area contributed by atoms with E-state index in [9.17, 15) is 14.7 Å². The maximum Gasteiger partial charge on any atom is 0.251 e.